The summed E-state index contributed by atoms with van der Waals surface area (Å²) in [5.41, 5.74) is 5.15. The van der Waals surface area contributed by atoms with E-state index in [1.54, 1.807) is 7.05 Å². The Balaban J connectivity index is 1.08. The van der Waals surface area contributed by atoms with Crippen LogP contribution in [0.1, 0.15) is 39.5 Å². The maximum absolute atomic E-state index is 12.4. The maximum atomic E-state index is 12.4. The van der Waals surface area contributed by atoms with Gasteiger partial charge < -0.3 is 20.5 Å². The summed E-state index contributed by atoms with van der Waals surface area (Å²) in [6.07, 6.45) is 1.60. The number of fused-ring (bicyclic) bond motifs is 3. The van der Waals surface area contributed by atoms with E-state index in [-0.39, 0.29) is 42.5 Å². The van der Waals surface area contributed by atoms with Crippen molar-refractivity contribution in [2.75, 3.05) is 13.2 Å². The van der Waals surface area contributed by atoms with Gasteiger partial charge in [-0.25, -0.2) is 9.59 Å². The first-order chi connectivity index (χ1) is 16.9. The predicted molar refractivity (Wildman–Crippen MR) is 127 cm³/mol. The van der Waals surface area contributed by atoms with Crippen molar-refractivity contribution >= 4 is 18.0 Å². The molecule has 35 heavy (non-hydrogen) atoms. The Morgan fingerprint density at radius 2 is 1.71 bits per heavy atom. The second-order valence-corrected chi connectivity index (χ2v) is 8.97. The molecule has 2 aromatic carbocycles. The van der Waals surface area contributed by atoms with Crippen LogP contribution in [0.2, 0.25) is 0 Å². The fourth-order valence-electron chi connectivity index (χ4n) is 4.86. The van der Waals surface area contributed by atoms with Crippen LogP contribution in [-0.2, 0) is 23.1 Å². The van der Waals surface area contributed by atoms with Crippen LogP contribution in [0, 0.1) is 11.8 Å². The van der Waals surface area contributed by atoms with Crippen LogP contribution < -0.4 is 10.6 Å². The Kier molecular flexibility index (Phi) is 5.98. The Morgan fingerprint density at radius 1 is 1.06 bits per heavy atom. The van der Waals surface area contributed by atoms with Crippen molar-refractivity contribution in [2.24, 2.45) is 18.9 Å². The highest BCUT2D eigenvalue weighted by Gasteiger charge is 2.43. The largest absolute Gasteiger partial charge is 0.477 e. The number of carboxylic acids is 1. The quantitative estimate of drug-likeness (QED) is 0.461. The summed E-state index contributed by atoms with van der Waals surface area (Å²) in [5, 5.41) is 18.7. The summed E-state index contributed by atoms with van der Waals surface area (Å²) in [5.74, 6) is -1.44. The molecule has 1 heterocycles. The van der Waals surface area contributed by atoms with Gasteiger partial charge in [0.05, 0.1) is 6.20 Å². The number of nitrogens with zero attached hydrogens (tertiary/aromatic N) is 2. The topological polar surface area (TPSA) is 123 Å². The van der Waals surface area contributed by atoms with Crippen LogP contribution in [0.5, 0.6) is 0 Å². The minimum absolute atomic E-state index is 0.00392. The van der Waals surface area contributed by atoms with Crippen LogP contribution in [0.15, 0.2) is 54.7 Å². The number of nitrogens with one attached hydrogen (secondary N) is 2. The first-order valence-corrected chi connectivity index (χ1v) is 11.5. The van der Waals surface area contributed by atoms with Gasteiger partial charge in [0.25, 0.3) is 0 Å². The summed E-state index contributed by atoms with van der Waals surface area (Å²) in [7, 11) is 1.54. The lowest BCUT2D eigenvalue weighted by Gasteiger charge is -2.14. The maximum Gasteiger partial charge on any atom is 0.407 e. The SMILES string of the molecule is Cn1ncc(CNC(=O)[C@@H]2C[C@@H]2CNC(=O)OCC2c3ccccc3-c3ccccc32)c1C(=O)O. The molecule has 1 aromatic heterocycles. The minimum Gasteiger partial charge on any atom is -0.477 e. The van der Waals surface area contributed by atoms with Crippen LogP contribution in [0.4, 0.5) is 4.79 Å². The number of hydrogen-bond donors (Lipinski definition) is 3. The van der Waals surface area contributed by atoms with Crippen LogP contribution in [-0.4, -0.2) is 46.0 Å². The number of rotatable bonds is 8. The molecule has 1 saturated carbocycles. The number of benzene rings is 2. The Labute approximate surface area is 202 Å². The first kappa shape index (κ1) is 22.6. The highest BCUT2D eigenvalue weighted by molar-refractivity contribution is 5.88. The van der Waals surface area contributed by atoms with Crippen molar-refractivity contribution in [3.63, 3.8) is 0 Å². The molecule has 0 unspecified atom stereocenters. The minimum atomic E-state index is -1.09. The predicted octanol–water partition coefficient (Wildman–Crippen LogP) is 2.91. The Bertz CT molecular complexity index is 1250. The average molecular weight is 475 g/mol. The smallest absolute Gasteiger partial charge is 0.407 e. The zero-order valence-corrected chi connectivity index (χ0v) is 19.2. The number of aromatic carboxylic acids is 1. The van der Waals surface area contributed by atoms with Gasteiger partial charge in [0.15, 0.2) is 5.69 Å². The van der Waals surface area contributed by atoms with Crippen molar-refractivity contribution in [3.05, 3.63) is 77.1 Å². The standard InChI is InChI=1S/C26H26N4O5/c1-30-23(25(32)33)16(13-29-30)12-27-24(31)21-10-15(21)11-28-26(34)35-14-22-19-8-4-2-6-17(19)18-7-3-5-9-20(18)22/h2-9,13,15,21-22H,10-12,14H2,1H3,(H,27,31)(H,28,34)(H,32,33)/t15-,21-/m1/s1. The van der Waals surface area contributed by atoms with Gasteiger partial charge in [-0.05, 0) is 34.6 Å². The van der Waals surface area contributed by atoms with Gasteiger partial charge in [-0.15, -0.1) is 0 Å². The molecule has 2 amide bonds. The molecular formula is C26H26N4O5. The van der Waals surface area contributed by atoms with Crippen LogP contribution >= 0.6 is 0 Å². The molecule has 0 radical (unpaired) electrons. The van der Waals surface area contributed by atoms with E-state index in [4.69, 9.17) is 4.74 Å². The second-order valence-electron chi connectivity index (χ2n) is 8.97. The molecule has 1 fully saturated rings. The lowest BCUT2D eigenvalue weighted by Crippen LogP contribution is -2.30. The molecule has 5 rings (SSSR count). The third kappa shape index (κ3) is 4.49. The lowest BCUT2D eigenvalue weighted by atomic mass is 9.98. The van der Waals surface area contributed by atoms with E-state index in [1.165, 1.54) is 22.0 Å². The number of hydrogen-bond acceptors (Lipinski definition) is 5. The van der Waals surface area contributed by atoms with Crippen molar-refractivity contribution in [3.8, 4) is 11.1 Å². The summed E-state index contributed by atoms with van der Waals surface area (Å²) >= 11 is 0. The third-order valence-electron chi connectivity index (χ3n) is 6.78. The number of carbonyl (C=O) groups excluding carboxylic acids is 2. The van der Waals surface area contributed by atoms with Gasteiger partial charge in [0, 0.05) is 37.5 Å². The molecular weight excluding hydrogens is 448 g/mol. The molecule has 0 aliphatic heterocycles. The fraction of sp³-hybridized carbons (Fsp3) is 0.308. The fourth-order valence-corrected chi connectivity index (χ4v) is 4.86. The number of ether oxygens (including phenoxy) is 1. The van der Waals surface area contributed by atoms with Crippen molar-refractivity contribution in [1.29, 1.82) is 0 Å². The van der Waals surface area contributed by atoms with E-state index in [1.807, 2.05) is 24.3 Å². The molecule has 0 spiro atoms. The van der Waals surface area contributed by atoms with Gasteiger partial charge in [-0.1, -0.05) is 48.5 Å². The zero-order chi connectivity index (χ0) is 24.5. The summed E-state index contributed by atoms with van der Waals surface area (Å²) in [6, 6.07) is 16.3. The molecule has 180 valence electrons. The van der Waals surface area contributed by atoms with Crippen LogP contribution in [0.25, 0.3) is 11.1 Å². The van der Waals surface area contributed by atoms with Gasteiger partial charge in [-0.3, -0.25) is 9.48 Å². The molecule has 9 heteroatoms. The molecule has 9 nitrogen and oxygen atoms in total. The van der Waals surface area contributed by atoms with E-state index in [9.17, 15) is 19.5 Å². The van der Waals surface area contributed by atoms with Gasteiger partial charge >= 0.3 is 12.1 Å². The normalized spacial score (nSPS) is 17.9. The number of aryl methyl sites for hydroxylation is 1. The molecule has 3 aromatic rings. The van der Waals surface area contributed by atoms with Gasteiger partial charge in [0.2, 0.25) is 5.91 Å². The van der Waals surface area contributed by atoms with E-state index in [2.05, 4.69) is 40.0 Å². The number of aromatic nitrogens is 2. The van der Waals surface area contributed by atoms with Crippen molar-refractivity contribution < 1.29 is 24.2 Å². The monoisotopic (exact) mass is 474 g/mol. The third-order valence-corrected chi connectivity index (χ3v) is 6.78. The Hall–Kier alpha value is -4.14. The second kappa shape index (κ2) is 9.25. The zero-order valence-electron chi connectivity index (χ0n) is 19.2. The first-order valence-electron chi connectivity index (χ1n) is 11.5. The lowest BCUT2D eigenvalue weighted by molar-refractivity contribution is -0.122. The molecule has 0 bridgehead atoms. The number of carbonyl (C=O) groups is 3. The Morgan fingerprint density at radius 3 is 2.37 bits per heavy atom. The highest BCUT2D eigenvalue weighted by atomic mass is 16.5. The summed E-state index contributed by atoms with van der Waals surface area (Å²) in [6.45, 7) is 0.685. The summed E-state index contributed by atoms with van der Waals surface area (Å²) < 4.78 is 6.81. The highest BCUT2D eigenvalue weighted by Crippen LogP contribution is 2.44. The van der Waals surface area contributed by atoms with Gasteiger partial charge in [0.1, 0.15) is 6.61 Å². The number of amides is 2. The number of alkyl carbamates (subject to hydrolysis) is 1. The van der Waals surface area contributed by atoms with E-state index in [0.717, 1.165) is 11.1 Å². The molecule has 2 atom stereocenters. The summed E-state index contributed by atoms with van der Waals surface area (Å²) in [4.78, 5) is 36.1. The van der Waals surface area contributed by atoms with Crippen molar-refractivity contribution in [1.82, 2.24) is 20.4 Å². The van der Waals surface area contributed by atoms with E-state index >= 15 is 0 Å². The number of carboxylic acid groups (broad SMARTS) is 1. The average Bonchev–Trinajstić information content (AvgIpc) is 3.44. The van der Waals surface area contributed by atoms with E-state index in [0.29, 0.717) is 18.5 Å². The van der Waals surface area contributed by atoms with E-state index < -0.39 is 12.1 Å². The van der Waals surface area contributed by atoms with Crippen molar-refractivity contribution in [2.45, 2.75) is 18.9 Å². The molecule has 3 N–H and O–H groups in total. The molecule has 0 saturated heterocycles. The van der Waals surface area contributed by atoms with Crippen LogP contribution in [0.3, 0.4) is 0 Å². The molecule has 2 aliphatic carbocycles. The molecule has 2 aliphatic rings. The van der Waals surface area contributed by atoms with Gasteiger partial charge in [-0.2, -0.15) is 5.10 Å².